The van der Waals surface area contributed by atoms with Crippen molar-refractivity contribution in [2.24, 2.45) is 4.99 Å². The Morgan fingerprint density at radius 2 is 1.85 bits per heavy atom. The number of benzene rings is 1. The van der Waals surface area contributed by atoms with Crippen LogP contribution < -0.4 is 15.4 Å². The third kappa shape index (κ3) is 5.90. The highest BCUT2D eigenvalue weighted by Gasteiger charge is 2.34. The summed E-state index contributed by atoms with van der Waals surface area (Å²) in [6, 6.07) is 8.54. The van der Waals surface area contributed by atoms with Crippen LogP contribution in [0.25, 0.3) is 0 Å². The molecule has 0 unspecified atom stereocenters. The van der Waals surface area contributed by atoms with Gasteiger partial charge >= 0.3 is 0 Å². The Morgan fingerprint density at radius 3 is 2.46 bits per heavy atom. The van der Waals surface area contributed by atoms with E-state index in [0.717, 1.165) is 63.8 Å². The van der Waals surface area contributed by atoms with Gasteiger partial charge in [-0.1, -0.05) is 25.5 Å². The second-order valence-corrected chi connectivity index (χ2v) is 6.83. The Hall–Kier alpha value is -1.75. The zero-order valence-electron chi connectivity index (χ0n) is 16.6. The van der Waals surface area contributed by atoms with Crippen LogP contribution in [0.15, 0.2) is 29.3 Å². The molecular weight excluding hydrogens is 326 g/mol. The topological polar surface area (TPSA) is 54.9 Å². The van der Waals surface area contributed by atoms with Crippen molar-refractivity contribution >= 4 is 5.96 Å². The standard InChI is InChI=1S/C21H35N3O2/c1-4-7-14-23-20(22-5-2)24-17-21(12-15-25-16-13-21)18-8-10-19(11-9-18)26-6-3/h8-11H,4-7,12-17H2,1-3H3,(H2,22,23,24). The summed E-state index contributed by atoms with van der Waals surface area (Å²) in [6.45, 7) is 11.2. The van der Waals surface area contributed by atoms with Crippen LogP contribution in [-0.2, 0) is 10.2 Å². The van der Waals surface area contributed by atoms with E-state index >= 15 is 0 Å². The Morgan fingerprint density at radius 1 is 1.12 bits per heavy atom. The number of ether oxygens (including phenoxy) is 2. The molecule has 0 spiro atoms. The Bertz CT molecular complexity index is 537. The molecule has 1 saturated heterocycles. The first-order valence-electron chi connectivity index (χ1n) is 10.1. The summed E-state index contributed by atoms with van der Waals surface area (Å²) in [5.74, 6) is 1.84. The van der Waals surface area contributed by atoms with E-state index in [4.69, 9.17) is 14.5 Å². The van der Waals surface area contributed by atoms with E-state index < -0.39 is 0 Å². The van der Waals surface area contributed by atoms with E-state index in [1.807, 2.05) is 6.92 Å². The predicted octanol–water partition coefficient (Wildman–Crippen LogP) is 3.49. The number of guanidine groups is 1. The molecule has 1 aliphatic heterocycles. The smallest absolute Gasteiger partial charge is 0.191 e. The van der Waals surface area contributed by atoms with Crippen LogP contribution in [0.5, 0.6) is 5.75 Å². The molecule has 1 heterocycles. The van der Waals surface area contributed by atoms with Gasteiger partial charge in [-0.05, 0) is 50.8 Å². The summed E-state index contributed by atoms with van der Waals surface area (Å²) in [5.41, 5.74) is 1.37. The van der Waals surface area contributed by atoms with Gasteiger partial charge in [0.2, 0.25) is 0 Å². The summed E-state index contributed by atoms with van der Waals surface area (Å²) in [6.07, 6.45) is 4.33. The molecular formula is C21H35N3O2. The van der Waals surface area contributed by atoms with E-state index in [2.05, 4.69) is 48.7 Å². The quantitative estimate of drug-likeness (QED) is 0.402. The highest BCUT2D eigenvalue weighted by atomic mass is 16.5. The fourth-order valence-electron chi connectivity index (χ4n) is 3.33. The van der Waals surface area contributed by atoms with Crippen molar-refractivity contribution in [2.45, 2.75) is 51.9 Å². The normalized spacial score (nSPS) is 17.0. The van der Waals surface area contributed by atoms with Crippen LogP contribution in [-0.4, -0.2) is 45.4 Å². The maximum absolute atomic E-state index is 5.64. The van der Waals surface area contributed by atoms with Crippen molar-refractivity contribution in [3.05, 3.63) is 29.8 Å². The van der Waals surface area contributed by atoms with Gasteiger partial charge in [-0.15, -0.1) is 0 Å². The van der Waals surface area contributed by atoms with E-state index in [-0.39, 0.29) is 5.41 Å². The maximum Gasteiger partial charge on any atom is 0.191 e. The van der Waals surface area contributed by atoms with Crippen molar-refractivity contribution in [1.82, 2.24) is 10.6 Å². The van der Waals surface area contributed by atoms with Crippen LogP contribution in [0.4, 0.5) is 0 Å². The highest BCUT2D eigenvalue weighted by molar-refractivity contribution is 5.79. The molecule has 146 valence electrons. The minimum Gasteiger partial charge on any atom is -0.494 e. The average molecular weight is 362 g/mol. The number of nitrogens with zero attached hydrogens (tertiary/aromatic N) is 1. The molecule has 0 amide bonds. The largest absolute Gasteiger partial charge is 0.494 e. The van der Waals surface area contributed by atoms with E-state index in [9.17, 15) is 0 Å². The number of aliphatic imine (C=N–C) groups is 1. The Balaban J connectivity index is 2.15. The first-order chi connectivity index (χ1) is 12.7. The molecule has 0 atom stereocenters. The lowest BCUT2D eigenvalue weighted by Crippen LogP contribution is -2.41. The van der Waals surface area contributed by atoms with Gasteiger partial charge in [0.25, 0.3) is 0 Å². The third-order valence-corrected chi connectivity index (χ3v) is 4.93. The molecule has 0 radical (unpaired) electrons. The monoisotopic (exact) mass is 361 g/mol. The number of nitrogens with one attached hydrogen (secondary N) is 2. The number of rotatable bonds is 9. The van der Waals surface area contributed by atoms with Crippen molar-refractivity contribution in [1.29, 1.82) is 0 Å². The van der Waals surface area contributed by atoms with Gasteiger partial charge in [0, 0.05) is 31.7 Å². The zero-order valence-corrected chi connectivity index (χ0v) is 16.6. The molecule has 0 saturated carbocycles. The molecule has 1 aromatic carbocycles. The minimum absolute atomic E-state index is 0.0378. The second-order valence-electron chi connectivity index (χ2n) is 6.83. The molecule has 2 rings (SSSR count). The first kappa shape index (κ1) is 20.6. The molecule has 5 nitrogen and oxygen atoms in total. The molecule has 26 heavy (non-hydrogen) atoms. The van der Waals surface area contributed by atoms with Gasteiger partial charge in [0.15, 0.2) is 5.96 Å². The van der Waals surface area contributed by atoms with Gasteiger partial charge in [-0.3, -0.25) is 4.99 Å². The minimum atomic E-state index is 0.0378. The van der Waals surface area contributed by atoms with Gasteiger partial charge in [-0.25, -0.2) is 0 Å². The fraction of sp³-hybridized carbons (Fsp3) is 0.667. The SMILES string of the molecule is CCCCNC(=NCC1(c2ccc(OCC)cc2)CCOCC1)NCC. The lowest BCUT2D eigenvalue weighted by atomic mass is 9.74. The maximum atomic E-state index is 5.64. The van der Waals surface area contributed by atoms with Crippen LogP contribution in [0.2, 0.25) is 0 Å². The molecule has 5 heteroatoms. The third-order valence-electron chi connectivity index (χ3n) is 4.93. The summed E-state index contributed by atoms with van der Waals surface area (Å²) >= 11 is 0. The van der Waals surface area contributed by atoms with E-state index in [1.165, 1.54) is 12.0 Å². The van der Waals surface area contributed by atoms with E-state index in [1.54, 1.807) is 0 Å². The number of hydrogen-bond acceptors (Lipinski definition) is 3. The molecule has 2 N–H and O–H groups in total. The lowest BCUT2D eigenvalue weighted by molar-refractivity contribution is 0.0531. The molecule has 1 aliphatic rings. The predicted molar refractivity (Wildman–Crippen MR) is 108 cm³/mol. The van der Waals surface area contributed by atoms with Crippen LogP contribution in [0.3, 0.4) is 0 Å². The molecule has 1 aromatic rings. The Labute approximate surface area is 158 Å². The summed E-state index contributed by atoms with van der Waals surface area (Å²) < 4.78 is 11.2. The second kappa shape index (κ2) is 11.1. The highest BCUT2D eigenvalue weighted by Crippen LogP contribution is 2.36. The summed E-state index contributed by atoms with van der Waals surface area (Å²) in [7, 11) is 0. The fourth-order valence-corrected chi connectivity index (χ4v) is 3.33. The lowest BCUT2D eigenvalue weighted by Gasteiger charge is -2.36. The van der Waals surface area contributed by atoms with Crippen molar-refractivity contribution in [3.63, 3.8) is 0 Å². The van der Waals surface area contributed by atoms with Crippen molar-refractivity contribution in [3.8, 4) is 5.75 Å². The number of hydrogen-bond donors (Lipinski definition) is 2. The van der Waals surface area contributed by atoms with Gasteiger partial charge in [0.05, 0.1) is 13.2 Å². The molecule has 0 aliphatic carbocycles. The summed E-state index contributed by atoms with van der Waals surface area (Å²) in [4.78, 5) is 4.92. The summed E-state index contributed by atoms with van der Waals surface area (Å²) in [5, 5.41) is 6.81. The van der Waals surface area contributed by atoms with Gasteiger partial charge in [0.1, 0.15) is 5.75 Å². The van der Waals surface area contributed by atoms with Crippen LogP contribution in [0, 0.1) is 0 Å². The average Bonchev–Trinajstić information content (AvgIpc) is 2.68. The molecule has 0 bridgehead atoms. The van der Waals surface area contributed by atoms with Crippen LogP contribution >= 0.6 is 0 Å². The van der Waals surface area contributed by atoms with Crippen molar-refractivity contribution in [2.75, 3.05) is 39.5 Å². The van der Waals surface area contributed by atoms with E-state index in [0.29, 0.717) is 6.61 Å². The van der Waals surface area contributed by atoms with Crippen molar-refractivity contribution < 1.29 is 9.47 Å². The molecule has 1 fully saturated rings. The van der Waals surface area contributed by atoms with Gasteiger partial charge < -0.3 is 20.1 Å². The zero-order chi connectivity index (χ0) is 18.7. The van der Waals surface area contributed by atoms with Crippen LogP contribution in [0.1, 0.15) is 52.0 Å². The molecule has 0 aromatic heterocycles. The Kier molecular flexibility index (Phi) is 8.75. The number of unbranched alkanes of at least 4 members (excludes halogenated alkanes) is 1. The first-order valence-corrected chi connectivity index (χ1v) is 10.1. The van der Waals surface area contributed by atoms with Gasteiger partial charge in [-0.2, -0.15) is 0 Å².